The molecule has 1 aromatic carbocycles. The highest BCUT2D eigenvalue weighted by Gasteiger charge is 2.59. The summed E-state index contributed by atoms with van der Waals surface area (Å²) in [5.41, 5.74) is -3.11. The zero-order valence-corrected chi connectivity index (χ0v) is 19.2. The first-order valence-electron chi connectivity index (χ1n) is 11.5. The van der Waals surface area contributed by atoms with E-state index in [2.05, 4.69) is 5.32 Å². The fourth-order valence-electron chi connectivity index (χ4n) is 5.67. The fraction of sp³-hybridized carbons (Fsp3) is 0.480. The third-order valence-corrected chi connectivity index (χ3v) is 7.58. The molecule has 0 unspecified atom stereocenters. The number of aromatic nitrogens is 1. The number of aromatic hydroxyl groups is 1. The second-order valence-corrected chi connectivity index (χ2v) is 9.14. The number of benzene rings is 1. The summed E-state index contributed by atoms with van der Waals surface area (Å²) < 4.78 is 34.5. The second kappa shape index (κ2) is 8.94. The van der Waals surface area contributed by atoms with Gasteiger partial charge in [0.15, 0.2) is 11.5 Å². The molecule has 2 N–H and O–H groups in total. The minimum absolute atomic E-state index is 0.0386. The molecule has 0 radical (unpaired) electrons. The second-order valence-electron chi connectivity index (χ2n) is 9.14. The van der Waals surface area contributed by atoms with Crippen LogP contribution in [0.1, 0.15) is 71.9 Å². The number of rotatable bonds is 5. The van der Waals surface area contributed by atoms with Gasteiger partial charge in [0.05, 0.1) is 17.6 Å². The summed E-state index contributed by atoms with van der Waals surface area (Å²) in [6.45, 7) is 1.84. The lowest BCUT2D eigenvalue weighted by Crippen LogP contribution is -2.60. The summed E-state index contributed by atoms with van der Waals surface area (Å²) in [7, 11) is 1.57. The quantitative estimate of drug-likeness (QED) is 0.689. The summed E-state index contributed by atoms with van der Waals surface area (Å²) >= 11 is 0. The van der Waals surface area contributed by atoms with Gasteiger partial charge < -0.3 is 19.7 Å². The maximum Gasteiger partial charge on any atom is 0.257 e. The molecule has 182 valence electrons. The van der Waals surface area contributed by atoms with E-state index in [0.717, 1.165) is 25.3 Å². The summed E-state index contributed by atoms with van der Waals surface area (Å²) in [4.78, 5) is 39.5. The van der Waals surface area contributed by atoms with Crippen LogP contribution in [0.4, 0.5) is 8.78 Å². The number of carbonyl (C=O) groups is 2. The van der Waals surface area contributed by atoms with E-state index in [1.165, 1.54) is 16.8 Å². The maximum absolute atomic E-state index is 13.9. The molecular formula is C25H28F2N2O5. The van der Waals surface area contributed by atoms with Crippen molar-refractivity contribution in [1.82, 2.24) is 9.88 Å². The van der Waals surface area contributed by atoms with E-state index in [1.54, 1.807) is 7.11 Å². The van der Waals surface area contributed by atoms with Crippen molar-refractivity contribution in [3.05, 3.63) is 63.1 Å². The van der Waals surface area contributed by atoms with Gasteiger partial charge in [0.25, 0.3) is 5.91 Å². The predicted octanol–water partition coefficient (Wildman–Crippen LogP) is 3.70. The van der Waals surface area contributed by atoms with Crippen LogP contribution in [0.5, 0.6) is 5.75 Å². The van der Waals surface area contributed by atoms with E-state index < -0.39 is 39.7 Å². The summed E-state index contributed by atoms with van der Waals surface area (Å²) in [5.74, 6) is -3.54. The highest BCUT2D eigenvalue weighted by molar-refractivity contribution is 6.04. The average Bonchev–Trinajstić information content (AvgIpc) is 3.01. The first-order valence-corrected chi connectivity index (χ1v) is 11.5. The lowest BCUT2D eigenvalue weighted by molar-refractivity contribution is -0.120. The Balaban J connectivity index is 1.73. The van der Waals surface area contributed by atoms with Crippen LogP contribution in [0.2, 0.25) is 0 Å². The van der Waals surface area contributed by atoms with Gasteiger partial charge in [-0.2, -0.15) is 0 Å². The molecule has 2 atom stereocenters. The van der Waals surface area contributed by atoms with Crippen LogP contribution in [-0.2, 0) is 17.8 Å². The molecule has 1 fully saturated rings. The van der Waals surface area contributed by atoms with Crippen molar-refractivity contribution in [1.29, 1.82) is 0 Å². The van der Waals surface area contributed by atoms with Crippen LogP contribution < -0.4 is 10.7 Å². The Morgan fingerprint density at radius 1 is 1.21 bits per heavy atom. The SMILES string of the molecule is CC[C@@]12CCCCC[C@]1(OC)Cn1cc(C(=O)NCc3ccc(F)cc3F)c(=O)c(O)c1C2=O. The monoisotopic (exact) mass is 474 g/mol. The number of carbonyl (C=O) groups excluding carboxylic acids is 2. The van der Waals surface area contributed by atoms with Gasteiger partial charge in [-0.1, -0.05) is 32.3 Å². The van der Waals surface area contributed by atoms with Gasteiger partial charge in [0.2, 0.25) is 5.43 Å². The Morgan fingerprint density at radius 2 is 1.94 bits per heavy atom. The normalized spacial score (nSPS) is 24.2. The van der Waals surface area contributed by atoms with Crippen LogP contribution in [0.15, 0.2) is 29.2 Å². The minimum atomic E-state index is -0.971. The fourth-order valence-corrected chi connectivity index (χ4v) is 5.67. The Bertz CT molecular complexity index is 1210. The highest BCUT2D eigenvalue weighted by Crippen LogP contribution is 2.53. The number of halogens is 2. The van der Waals surface area contributed by atoms with Crippen molar-refractivity contribution >= 4 is 11.7 Å². The topological polar surface area (TPSA) is 97.6 Å². The molecule has 2 aromatic rings. The molecule has 1 aromatic heterocycles. The Labute approximate surface area is 195 Å². The molecule has 1 aliphatic heterocycles. The molecule has 1 saturated carbocycles. The van der Waals surface area contributed by atoms with E-state index in [-0.39, 0.29) is 35.7 Å². The van der Waals surface area contributed by atoms with E-state index in [9.17, 15) is 28.3 Å². The number of nitrogens with one attached hydrogen (secondary N) is 1. The standard InChI is InChI=1S/C25H28F2N2O5/c1-3-24-9-5-4-6-10-25(24,34-2)14-29-13-17(20(30)21(31)19(29)22(24)32)23(33)28-12-15-7-8-16(26)11-18(15)27/h7-8,11,13,31H,3-6,9-10,12,14H2,1-2H3,(H,28,33)/t24-,25-/m0/s1. The molecule has 0 saturated heterocycles. The zero-order valence-electron chi connectivity index (χ0n) is 19.2. The third kappa shape index (κ3) is 3.62. The van der Waals surface area contributed by atoms with Crippen molar-refractivity contribution < 1.29 is 28.2 Å². The van der Waals surface area contributed by atoms with Gasteiger partial charge in [0, 0.05) is 31.5 Å². The van der Waals surface area contributed by atoms with Crippen molar-refractivity contribution in [2.75, 3.05) is 7.11 Å². The number of nitrogens with zero attached hydrogens (tertiary/aromatic N) is 1. The summed E-state index contributed by atoms with van der Waals surface area (Å²) in [6.07, 6.45) is 5.66. The largest absolute Gasteiger partial charge is 0.503 e. The number of hydrogen-bond acceptors (Lipinski definition) is 5. The molecule has 0 spiro atoms. The lowest BCUT2D eigenvalue weighted by Gasteiger charge is -2.51. The van der Waals surface area contributed by atoms with Crippen molar-refractivity contribution in [3.8, 4) is 5.75 Å². The van der Waals surface area contributed by atoms with Crippen molar-refractivity contribution in [2.45, 2.75) is 64.1 Å². The number of fused-ring (bicyclic) bond motifs is 2. The van der Waals surface area contributed by atoms with Crippen LogP contribution in [-0.4, -0.2) is 34.1 Å². The van der Waals surface area contributed by atoms with Gasteiger partial charge >= 0.3 is 0 Å². The van der Waals surface area contributed by atoms with E-state index >= 15 is 0 Å². The van der Waals surface area contributed by atoms with Crippen molar-refractivity contribution in [3.63, 3.8) is 0 Å². The molecule has 1 amide bonds. The summed E-state index contributed by atoms with van der Waals surface area (Å²) in [6, 6.07) is 2.95. The number of ketones is 1. The molecule has 9 heteroatoms. The van der Waals surface area contributed by atoms with Crippen LogP contribution in [0.25, 0.3) is 0 Å². The zero-order chi connectivity index (χ0) is 24.7. The molecule has 2 heterocycles. The minimum Gasteiger partial charge on any atom is -0.503 e. The molecule has 1 aliphatic carbocycles. The van der Waals surface area contributed by atoms with Gasteiger partial charge in [-0.05, 0) is 25.3 Å². The molecule has 2 aliphatic rings. The van der Waals surface area contributed by atoms with Crippen LogP contribution >= 0.6 is 0 Å². The van der Waals surface area contributed by atoms with E-state index in [1.807, 2.05) is 6.92 Å². The Hall–Kier alpha value is -3.07. The van der Waals surface area contributed by atoms with Gasteiger partial charge in [0.1, 0.15) is 22.9 Å². The Morgan fingerprint density at radius 3 is 2.62 bits per heavy atom. The number of Topliss-reactive ketones (excluding diaryl/α,β-unsaturated/α-hetero) is 1. The molecule has 4 rings (SSSR count). The number of pyridine rings is 1. The number of hydrogen-bond donors (Lipinski definition) is 2. The maximum atomic E-state index is 13.9. The molecule has 34 heavy (non-hydrogen) atoms. The number of ether oxygens (including phenoxy) is 1. The predicted molar refractivity (Wildman–Crippen MR) is 120 cm³/mol. The molecule has 7 nitrogen and oxygen atoms in total. The first-order chi connectivity index (χ1) is 16.2. The van der Waals surface area contributed by atoms with Crippen molar-refractivity contribution in [2.24, 2.45) is 5.41 Å². The Kier molecular flexibility index (Phi) is 6.33. The summed E-state index contributed by atoms with van der Waals surface area (Å²) in [5, 5.41) is 13.2. The highest BCUT2D eigenvalue weighted by atomic mass is 19.1. The van der Waals surface area contributed by atoms with E-state index in [0.29, 0.717) is 25.3 Å². The number of methoxy groups -OCH3 is 1. The average molecular weight is 475 g/mol. The van der Waals surface area contributed by atoms with E-state index in [4.69, 9.17) is 4.74 Å². The van der Waals surface area contributed by atoms with Gasteiger partial charge in [-0.25, -0.2) is 8.78 Å². The third-order valence-electron chi connectivity index (χ3n) is 7.58. The smallest absolute Gasteiger partial charge is 0.257 e. The molecular weight excluding hydrogens is 446 g/mol. The van der Waals surface area contributed by atoms with Crippen LogP contribution in [0.3, 0.4) is 0 Å². The number of amides is 1. The first kappa shape index (κ1) is 24.1. The molecule has 0 bridgehead atoms. The van der Waals surface area contributed by atoms with Gasteiger partial charge in [-0.3, -0.25) is 14.4 Å². The van der Waals surface area contributed by atoms with Gasteiger partial charge in [-0.15, -0.1) is 0 Å². The van der Waals surface area contributed by atoms with Crippen LogP contribution in [0, 0.1) is 17.0 Å². The lowest BCUT2D eigenvalue weighted by atomic mass is 9.61.